The van der Waals surface area contributed by atoms with Crippen LogP contribution in [0.4, 0.5) is 0 Å². The third-order valence-corrected chi connectivity index (χ3v) is 3.53. The highest BCUT2D eigenvalue weighted by molar-refractivity contribution is 5.78. The Hall–Kier alpha value is -1.14. The Morgan fingerprint density at radius 2 is 1.74 bits per heavy atom. The maximum Gasteiger partial charge on any atom is 0.306 e. The number of carbonyl (C=O) groups is 2. The van der Waals surface area contributed by atoms with Gasteiger partial charge in [0.05, 0.1) is 12.5 Å². The molecule has 1 aliphatic heterocycles. The predicted molar refractivity (Wildman–Crippen MR) is 73.0 cm³/mol. The molecule has 110 valence electrons. The Morgan fingerprint density at radius 1 is 1.16 bits per heavy atom. The molecule has 0 aromatic heterocycles. The normalized spacial score (nSPS) is 17.2. The molecule has 1 fully saturated rings. The third-order valence-electron chi connectivity index (χ3n) is 3.53. The first-order valence-electron chi connectivity index (χ1n) is 6.74. The van der Waals surface area contributed by atoms with Crippen molar-refractivity contribution in [2.24, 2.45) is 5.92 Å². The number of amides is 1. The fraction of sp³-hybridized carbons (Fsp3) is 0.846. The van der Waals surface area contributed by atoms with E-state index in [1.807, 2.05) is 26.0 Å². The molecule has 0 bridgehead atoms. The van der Waals surface area contributed by atoms with Crippen LogP contribution < -0.4 is 0 Å². The van der Waals surface area contributed by atoms with Gasteiger partial charge in [0, 0.05) is 26.2 Å². The number of aliphatic carboxylic acids is 1. The van der Waals surface area contributed by atoms with E-state index < -0.39 is 5.97 Å². The lowest BCUT2D eigenvalue weighted by Crippen LogP contribution is -2.45. The molecule has 1 N–H and O–H groups in total. The zero-order valence-electron chi connectivity index (χ0n) is 12.1. The van der Waals surface area contributed by atoms with E-state index in [0.29, 0.717) is 32.5 Å². The highest BCUT2D eigenvalue weighted by Gasteiger charge is 2.27. The Kier molecular flexibility index (Phi) is 6.24. The molecule has 0 aromatic rings. The fourth-order valence-electron chi connectivity index (χ4n) is 2.16. The van der Waals surface area contributed by atoms with E-state index in [1.54, 1.807) is 4.90 Å². The molecule has 0 radical (unpaired) electrons. The summed E-state index contributed by atoms with van der Waals surface area (Å²) in [5.74, 6) is -0.921. The molecule has 1 heterocycles. The average molecular weight is 271 g/mol. The fourth-order valence-corrected chi connectivity index (χ4v) is 2.16. The van der Waals surface area contributed by atoms with Gasteiger partial charge in [-0.25, -0.2) is 0 Å². The minimum absolute atomic E-state index is 0.102. The maximum absolute atomic E-state index is 12.1. The number of carbonyl (C=O) groups excluding carboxylic acids is 1. The molecular weight excluding hydrogens is 246 g/mol. The molecule has 1 amide bonds. The maximum atomic E-state index is 12.1. The second-order valence-electron chi connectivity index (χ2n) is 5.53. The van der Waals surface area contributed by atoms with Crippen molar-refractivity contribution >= 4 is 11.9 Å². The lowest BCUT2D eigenvalue weighted by atomic mass is 9.97. The molecule has 6 heteroatoms. The van der Waals surface area contributed by atoms with Crippen LogP contribution in [-0.2, 0) is 9.59 Å². The molecule has 1 rings (SSSR count). The van der Waals surface area contributed by atoms with Crippen LogP contribution in [0.15, 0.2) is 0 Å². The van der Waals surface area contributed by atoms with Gasteiger partial charge in [0.1, 0.15) is 0 Å². The second-order valence-corrected chi connectivity index (χ2v) is 5.53. The molecule has 0 aliphatic carbocycles. The first-order valence-corrected chi connectivity index (χ1v) is 6.74. The van der Waals surface area contributed by atoms with Crippen molar-refractivity contribution in [1.29, 1.82) is 0 Å². The number of piperidine rings is 1. The summed E-state index contributed by atoms with van der Waals surface area (Å²) in [6.45, 7) is 3.31. The van der Waals surface area contributed by atoms with Crippen LogP contribution in [0.5, 0.6) is 0 Å². The van der Waals surface area contributed by atoms with Crippen LogP contribution in [0.3, 0.4) is 0 Å². The number of nitrogens with zero attached hydrogens (tertiary/aromatic N) is 3. The number of rotatable bonds is 6. The van der Waals surface area contributed by atoms with Gasteiger partial charge in [0.25, 0.3) is 0 Å². The molecule has 0 spiro atoms. The summed E-state index contributed by atoms with van der Waals surface area (Å²) in [6.07, 6.45) is 1.14. The van der Waals surface area contributed by atoms with Crippen molar-refractivity contribution in [3.05, 3.63) is 0 Å². The second kappa shape index (κ2) is 7.45. The number of likely N-dealkylation sites (N-methyl/N-ethyl adjacent to an activating group) is 2. The van der Waals surface area contributed by atoms with Gasteiger partial charge >= 0.3 is 5.97 Å². The number of hydrogen-bond acceptors (Lipinski definition) is 4. The zero-order chi connectivity index (χ0) is 14.4. The van der Waals surface area contributed by atoms with Gasteiger partial charge in [-0.1, -0.05) is 0 Å². The summed E-state index contributed by atoms with van der Waals surface area (Å²) in [5, 5.41) is 8.91. The van der Waals surface area contributed by atoms with Crippen molar-refractivity contribution in [2.75, 3.05) is 53.9 Å². The van der Waals surface area contributed by atoms with E-state index in [0.717, 1.165) is 13.1 Å². The van der Waals surface area contributed by atoms with Gasteiger partial charge < -0.3 is 14.9 Å². The molecule has 19 heavy (non-hydrogen) atoms. The molecular formula is C13H25N3O3. The number of carboxylic acid groups (broad SMARTS) is 1. The van der Waals surface area contributed by atoms with E-state index in [-0.39, 0.29) is 11.8 Å². The lowest BCUT2D eigenvalue weighted by molar-refractivity contribution is -0.145. The summed E-state index contributed by atoms with van der Waals surface area (Å²) in [7, 11) is 5.95. The van der Waals surface area contributed by atoms with Crippen LogP contribution in [0.2, 0.25) is 0 Å². The zero-order valence-corrected chi connectivity index (χ0v) is 12.1. The van der Waals surface area contributed by atoms with E-state index in [4.69, 9.17) is 5.11 Å². The summed E-state index contributed by atoms with van der Waals surface area (Å²) in [5.41, 5.74) is 0. The standard InChI is InChI=1S/C13H25N3O3/c1-14(2)8-9-15(3)10-12(17)16-6-4-11(5-7-16)13(18)19/h11H,4-10H2,1-3H3,(H,18,19). The van der Waals surface area contributed by atoms with Crippen LogP contribution in [0.25, 0.3) is 0 Å². The van der Waals surface area contributed by atoms with Crippen molar-refractivity contribution < 1.29 is 14.7 Å². The number of likely N-dealkylation sites (tertiary alicyclic amines) is 1. The molecule has 6 nitrogen and oxygen atoms in total. The monoisotopic (exact) mass is 271 g/mol. The molecule has 0 atom stereocenters. The quantitative estimate of drug-likeness (QED) is 0.725. The predicted octanol–water partition coefficient (Wildman–Crippen LogP) is -0.197. The Balaban J connectivity index is 2.29. The Morgan fingerprint density at radius 3 is 2.21 bits per heavy atom. The largest absolute Gasteiger partial charge is 0.481 e. The lowest BCUT2D eigenvalue weighted by Gasteiger charge is -2.31. The first-order chi connectivity index (χ1) is 8.90. The van der Waals surface area contributed by atoms with E-state index >= 15 is 0 Å². The summed E-state index contributed by atoms with van der Waals surface area (Å²) in [4.78, 5) is 28.8. The van der Waals surface area contributed by atoms with Crippen LogP contribution in [0.1, 0.15) is 12.8 Å². The smallest absolute Gasteiger partial charge is 0.306 e. The third kappa shape index (κ3) is 5.57. The van der Waals surface area contributed by atoms with Crippen molar-refractivity contribution in [1.82, 2.24) is 14.7 Å². The van der Waals surface area contributed by atoms with E-state index in [9.17, 15) is 9.59 Å². The van der Waals surface area contributed by atoms with Gasteiger partial charge in [0.15, 0.2) is 0 Å². The molecule has 0 aromatic carbocycles. The molecule has 1 aliphatic rings. The SMILES string of the molecule is CN(C)CCN(C)CC(=O)N1CCC(C(=O)O)CC1. The molecule has 0 unspecified atom stereocenters. The van der Waals surface area contributed by atoms with Gasteiger partial charge in [-0.2, -0.15) is 0 Å². The Labute approximate surface area is 115 Å². The highest BCUT2D eigenvalue weighted by atomic mass is 16.4. The first kappa shape index (κ1) is 15.9. The van der Waals surface area contributed by atoms with Gasteiger partial charge in [-0.15, -0.1) is 0 Å². The van der Waals surface area contributed by atoms with Crippen molar-refractivity contribution in [3.63, 3.8) is 0 Å². The van der Waals surface area contributed by atoms with E-state index in [2.05, 4.69) is 4.90 Å². The van der Waals surface area contributed by atoms with Gasteiger partial charge in [-0.05, 0) is 34.0 Å². The van der Waals surface area contributed by atoms with Crippen molar-refractivity contribution in [2.45, 2.75) is 12.8 Å². The highest BCUT2D eigenvalue weighted by Crippen LogP contribution is 2.17. The summed E-state index contributed by atoms with van der Waals surface area (Å²) >= 11 is 0. The number of hydrogen-bond donors (Lipinski definition) is 1. The van der Waals surface area contributed by atoms with Crippen LogP contribution in [-0.4, -0.2) is 85.5 Å². The minimum atomic E-state index is -0.741. The van der Waals surface area contributed by atoms with Gasteiger partial charge in [0.2, 0.25) is 5.91 Å². The number of carboxylic acids is 1. The molecule has 0 saturated carbocycles. The minimum Gasteiger partial charge on any atom is -0.481 e. The van der Waals surface area contributed by atoms with E-state index in [1.165, 1.54) is 0 Å². The molecule has 1 saturated heterocycles. The summed E-state index contributed by atoms with van der Waals surface area (Å²) in [6, 6.07) is 0. The van der Waals surface area contributed by atoms with Crippen LogP contribution >= 0.6 is 0 Å². The van der Waals surface area contributed by atoms with Crippen molar-refractivity contribution in [3.8, 4) is 0 Å². The summed E-state index contributed by atoms with van der Waals surface area (Å²) < 4.78 is 0. The topological polar surface area (TPSA) is 64.1 Å². The van der Waals surface area contributed by atoms with Crippen LogP contribution in [0, 0.1) is 5.92 Å². The van der Waals surface area contributed by atoms with Gasteiger partial charge in [-0.3, -0.25) is 14.5 Å². The average Bonchev–Trinajstić information content (AvgIpc) is 2.36. The Bertz CT molecular complexity index is 312.